The Labute approximate surface area is 157 Å². The first-order valence-corrected chi connectivity index (χ1v) is 9.29. The molecule has 1 unspecified atom stereocenters. The van der Waals surface area contributed by atoms with E-state index in [2.05, 4.69) is 4.98 Å². The monoisotopic (exact) mass is 387 g/mol. The number of hydrogen-bond donors (Lipinski definition) is 1. The van der Waals surface area contributed by atoms with Gasteiger partial charge in [-0.1, -0.05) is 29.8 Å². The topological polar surface area (TPSA) is 75.2 Å². The van der Waals surface area contributed by atoms with Gasteiger partial charge < -0.3 is 4.98 Å². The van der Waals surface area contributed by atoms with Crippen LogP contribution in [0.3, 0.4) is 0 Å². The summed E-state index contributed by atoms with van der Waals surface area (Å²) in [6.45, 7) is 1.45. The molecular weight excluding hydrogens is 374 g/mol. The fourth-order valence-electron chi connectivity index (χ4n) is 3.28. The zero-order chi connectivity index (χ0) is 18.4. The lowest BCUT2D eigenvalue weighted by Gasteiger charge is -2.35. The lowest BCUT2D eigenvalue weighted by molar-refractivity contribution is -0.117. The molecule has 4 rings (SSSR count). The van der Waals surface area contributed by atoms with E-state index in [-0.39, 0.29) is 5.91 Å². The van der Waals surface area contributed by atoms with Crippen molar-refractivity contribution < 1.29 is 4.79 Å². The molecule has 3 aromatic rings. The highest BCUT2D eigenvalue weighted by molar-refractivity contribution is 7.99. The summed E-state index contributed by atoms with van der Waals surface area (Å²) in [7, 11) is 0. The van der Waals surface area contributed by atoms with Crippen LogP contribution in [0.1, 0.15) is 13.1 Å². The molecule has 1 amide bonds. The van der Waals surface area contributed by atoms with Crippen LogP contribution in [0, 0.1) is 0 Å². The number of amides is 1. The molecular formula is C18H14ClN3O3S. The minimum Gasteiger partial charge on any atom is -0.316 e. The molecule has 132 valence electrons. The van der Waals surface area contributed by atoms with Crippen LogP contribution in [0.15, 0.2) is 56.9 Å². The second-order valence-corrected chi connectivity index (χ2v) is 7.44. The van der Waals surface area contributed by atoms with Gasteiger partial charge in [-0.2, -0.15) is 0 Å². The van der Waals surface area contributed by atoms with Crippen molar-refractivity contribution in [2.24, 2.45) is 0 Å². The number of aromatic amines is 1. The molecule has 1 aromatic heterocycles. The van der Waals surface area contributed by atoms with Crippen molar-refractivity contribution in [2.75, 3.05) is 10.7 Å². The van der Waals surface area contributed by atoms with E-state index in [1.165, 1.54) is 23.3 Å². The molecule has 0 fully saturated rings. The van der Waals surface area contributed by atoms with E-state index in [4.69, 9.17) is 11.6 Å². The number of halogens is 1. The van der Waals surface area contributed by atoms with Crippen molar-refractivity contribution in [3.05, 3.63) is 68.2 Å². The maximum absolute atomic E-state index is 12.7. The number of carbonyl (C=O) groups excluding carboxylic acids is 1. The van der Waals surface area contributed by atoms with E-state index in [1.54, 1.807) is 29.2 Å². The molecule has 0 bridgehead atoms. The number of H-pyrrole nitrogens is 1. The summed E-state index contributed by atoms with van der Waals surface area (Å²) >= 11 is 7.63. The Balaban J connectivity index is 2.03. The predicted octanol–water partition coefficient (Wildman–Crippen LogP) is 3.00. The van der Waals surface area contributed by atoms with Crippen LogP contribution < -0.4 is 16.0 Å². The Morgan fingerprint density at radius 1 is 1.27 bits per heavy atom. The van der Waals surface area contributed by atoms with Gasteiger partial charge in [0.05, 0.1) is 11.0 Å². The van der Waals surface area contributed by atoms with Crippen LogP contribution in [0.5, 0.6) is 0 Å². The summed E-state index contributed by atoms with van der Waals surface area (Å²) in [5.41, 5.74) is 0.310. The normalized spacial score (nSPS) is 15.8. The van der Waals surface area contributed by atoms with Gasteiger partial charge in [0, 0.05) is 28.3 Å². The zero-order valence-electron chi connectivity index (χ0n) is 13.7. The van der Waals surface area contributed by atoms with Gasteiger partial charge in [0.25, 0.3) is 0 Å². The highest BCUT2D eigenvalue weighted by atomic mass is 35.5. The van der Waals surface area contributed by atoms with Crippen LogP contribution in [0.4, 0.5) is 5.69 Å². The van der Waals surface area contributed by atoms with Crippen molar-refractivity contribution in [1.29, 1.82) is 0 Å². The standard InChI is InChI=1S/C18H14ClN3O3S/c1-10(23)21(12-5-3-2-4-6-12)15-9-26-14-8-11(19)7-13-16(14)22(15)18(25)17(24)20-13/h2-8,15H,9H2,1H3,(H,20,24). The van der Waals surface area contributed by atoms with E-state index in [0.29, 0.717) is 27.5 Å². The van der Waals surface area contributed by atoms with Crippen molar-refractivity contribution in [3.8, 4) is 0 Å². The van der Waals surface area contributed by atoms with Gasteiger partial charge in [0.15, 0.2) is 0 Å². The van der Waals surface area contributed by atoms with Crippen molar-refractivity contribution >= 4 is 46.0 Å². The van der Waals surface area contributed by atoms with E-state index >= 15 is 0 Å². The number of anilines is 1. The third-order valence-electron chi connectivity index (χ3n) is 4.30. The Morgan fingerprint density at radius 2 is 2.00 bits per heavy atom. The molecule has 1 atom stereocenters. The number of rotatable bonds is 2. The predicted molar refractivity (Wildman–Crippen MR) is 103 cm³/mol. The molecule has 26 heavy (non-hydrogen) atoms. The summed E-state index contributed by atoms with van der Waals surface area (Å²) in [6.07, 6.45) is -0.606. The van der Waals surface area contributed by atoms with Crippen molar-refractivity contribution in [3.63, 3.8) is 0 Å². The van der Waals surface area contributed by atoms with Crippen molar-refractivity contribution in [2.45, 2.75) is 18.0 Å². The maximum Gasteiger partial charge on any atom is 0.318 e. The summed E-state index contributed by atoms with van der Waals surface area (Å²) < 4.78 is 1.41. The number of carbonyl (C=O) groups is 1. The summed E-state index contributed by atoms with van der Waals surface area (Å²) in [4.78, 5) is 42.2. The summed E-state index contributed by atoms with van der Waals surface area (Å²) in [6, 6.07) is 12.5. The van der Waals surface area contributed by atoms with Gasteiger partial charge in [-0.3, -0.25) is 23.9 Å². The zero-order valence-corrected chi connectivity index (χ0v) is 15.3. The molecule has 1 N–H and O–H groups in total. The summed E-state index contributed by atoms with van der Waals surface area (Å²) in [5, 5.41) is 0.478. The molecule has 0 aliphatic carbocycles. The highest BCUT2D eigenvalue weighted by Crippen LogP contribution is 2.39. The fraction of sp³-hybridized carbons (Fsp3) is 0.167. The van der Waals surface area contributed by atoms with Gasteiger partial charge >= 0.3 is 11.1 Å². The average molecular weight is 388 g/mol. The molecule has 6 nitrogen and oxygen atoms in total. The third-order valence-corrected chi connectivity index (χ3v) is 5.60. The molecule has 8 heteroatoms. The average Bonchev–Trinajstić information content (AvgIpc) is 2.61. The Kier molecular flexibility index (Phi) is 4.13. The van der Waals surface area contributed by atoms with Crippen molar-refractivity contribution in [1.82, 2.24) is 9.55 Å². The van der Waals surface area contributed by atoms with E-state index in [0.717, 1.165) is 4.90 Å². The largest absolute Gasteiger partial charge is 0.318 e. The number of aromatic nitrogens is 2. The van der Waals surface area contributed by atoms with Gasteiger partial charge in [-0.05, 0) is 24.3 Å². The maximum atomic E-state index is 12.7. The van der Waals surface area contributed by atoms with Gasteiger partial charge in [-0.25, -0.2) is 0 Å². The lowest BCUT2D eigenvalue weighted by Crippen LogP contribution is -2.48. The molecule has 2 heterocycles. The molecule has 1 aliphatic heterocycles. The second-order valence-electron chi connectivity index (χ2n) is 5.95. The quantitative estimate of drug-likeness (QED) is 0.686. The third kappa shape index (κ3) is 2.64. The van der Waals surface area contributed by atoms with Gasteiger partial charge in [0.2, 0.25) is 5.91 Å². The van der Waals surface area contributed by atoms with Gasteiger partial charge in [-0.15, -0.1) is 11.8 Å². The van der Waals surface area contributed by atoms with Crippen LogP contribution >= 0.6 is 23.4 Å². The Hall–Kier alpha value is -2.51. The van der Waals surface area contributed by atoms with Gasteiger partial charge in [0.1, 0.15) is 6.17 Å². The van der Waals surface area contributed by atoms with Crippen LogP contribution in [0.2, 0.25) is 5.02 Å². The molecule has 0 saturated heterocycles. The summed E-state index contributed by atoms with van der Waals surface area (Å²) in [5.74, 6) is 0.222. The Bertz CT molecular complexity index is 1140. The molecule has 0 radical (unpaired) electrons. The molecule has 1 aliphatic rings. The van der Waals surface area contributed by atoms with E-state index < -0.39 is 17.3 Å². The number of benzene rings is 2. The first-order valence-electron chi connectivity index (χ1n) is 7.93. The van der Waals surface area contributed by atoms with E-state index in [1.807, 2.05) is 18.2 Å². The first kappa shape index (κ1) is 16.9. The number of thioether (sulfide) groups is 1. The molecule has 0 saturated carbocycles. The number of nitrogens with zero attached hydrogens (tertiary/aromatic N) is 2. The van der Waals surface area contributed by atoms with E-state index in [9.17, 15) is 14.4 Å². The smallest absolute Gasteiger partial charge is 0.316 e. The number of nitrogens with one attached hydrogen (secondary N) is 1. The fourth-order valence-corrected chi connectivity index (χ4v) is 4.75. The molecule has 0 spiro atoms. The van der Waals surface area contributed by atoms with Crippen LogP contribution in [-0.4, -0.2) is 21.2 Å². The second kappa shape index (κ2) is 6.34. The van der Waals surface area contributed by atoms with Crippen LogP contribution in [-0.2, 0) is 4.79 Å². The van der Waals surface area contributed by atoms with Crippen LogP contribution in [0.25, 0.3) is 11.0 Å². The minimum atomic E-state index is -0.737. The lowest BCUT2D eigenvalue weighted by atomic mass is 10.2. The molecule has 2 aromatic carbocycles. The highest BCUT2D eigenvalue weighted by Gasteiger charge is 2.31. The minimum absolute atomic E-state index is 0.209. The number of hydrogen-bond acceptors (Lipinski definition) is 4. The Morgan fingerprint density at radius 3 is 2.69 bits per heavy atom. The SMILES string of the molecule is CC(=O)N(c1ccccc1)C1CSc2cc(Cl)cc3[nH]c(=O)c(=O)n1c23. The first-order chi connectivity index (χ1) is 12.5. The number of para-hydroxylation sites is 1.